The molecule has 0 spiro atoms. The number of urea groups is 1. The fraction of sp³-hybridized carbons (Fsp3) is 0.222. The van der Waals surface area contributed by atoms with Gasteiger partial charge in [-0.25, -0.2) is 9.59 Å². The van der Waals surface area contributed by atoms with Crippen molar-refractivity contribution in [3.63, 3.8) is 0 Å². The molecule has 0 aromatic heterocycles. The van der Waals surface area contributed by atoms with Gasteiger partial charge in [-0.15, -0.1) is 0 Å². The van der Waals surface area contributed by atoms with Gasteiger partial charge in [0.05, 0.1) is 11.6 Å². The second-order valence-corrected chi connectivity index (χ2v) is 6.12. The number of benzene rings is 2. The van der Waals surface area contributed by atoms with Crippen LogP contribution in [0, 0.1) is 0 Å². The lowest BCUT2D eigenvalue weighted by atomic mass is 10.2. The zero-order valence-electron chi connectivity index (χ0n) is 13.9. The summed E-state index contributed by atoms with van der Waals surface area (Å²) >= 11 is 3.38. The van der Waals surface area contributed by atoms with E-state index in [1.807, 2.05) is 12.1 Å². The molecule has 132 valence electrons. The van der Waals surface area contributed by atoms with Gasteiger partial charge in [-0.2, -0.15) is 0 Å². The van der Waals surface area contributed by atoms with Gasteiger partial charge in [-0.05, 0) is 52.7 Å². The number of ether oxygens (including phenoxy) is 2. The summed E-state index contributed by atoms with van der Waals surface area (Å²) in [5.74, 6) is 0.179. The number of halogens is 1. The van der Waals surface area contributed by atoms with Gasteiger partial charge < -0.3 is 20.1 Å². The largest absolute Gasteiger partial charge is 0.496 e. The van der Waals surface area contributed by atoms with Crippen LogP contribution in [0.5, 0.6) is 5.75 Å². The number of nitrogens with one attached hydrogen (secondary N) is 2. The monoisotopic (exact) mass is 406 g/mol. The van der Waals surface area contributed by atoms with Crippen LogP contribution in [0.4, 0.5) is 10.5 Å². The number of carbonyl (C=O) groups is 2. The molecule has 2 rings (SSSR count). The first-order chi connectivity index (χ1) is 12.0. The van der Waals surface area contributed by atoms with Crippen LogP contribution in [0.1, 0.15) is 12.5 Å². The number of carbonyl (C=O) groups excluding carboxylic acids is 2. The van der Waals surface area contributed by atoms with Crippen molar-refractivity contribution < 1.29 is 19.1 Å². The zero-order chi connectivity index (χ0) is 18.2. The molecule has 25 heavy (non-hydrogen) atoms. The van der Waals surface area contributed by atoms with Crippen LogP contribution in [-0.4, -0.2) is 25.2 Å². The summed E-state index contributed by atoms with van der Waals surface area (Å²) in [6.45, 7) is 1.67. The molecule has 0 saturated carbocycles. The summed E-state index contributed by atoms with van der Waals surface area (Å²) in [5.41, 5.74) is 1.45. The van der Waals surface area contributed by atoms with Gasteiger partial charge >= 0.3 is 12.0 Å². The fourth-order valence-electron chi connectivity index (χ4n) is 2.02. The number of amides is 2. The average Bonchev–Trinajstić information content (AvgIpc) is 2.60. The van der Waals surface area contributed by atoms with Gasteiger partial charge in [0.1, 0.15) is 18.4 Å². The smallest absolute Gasteiger partial charge is 0.328 e. The predicted molar refractivity (Wildman–Crippen MR) is 98.5 cm³/mol. The molecule has 1 atom stereocenters. The van der Waals surface area contributed by atoms with Crippen LogP contribution in [0.15, 0.2) is 53.0 Å². The summed E-state index contributed by atoms with van der Waals surface area (Å²) < 4.78 is 11.1. The molecule has 0 aliphatic rings. The van der Waals surface area contributed by atoms with Crippen LogP contribution in [-0.2, 0) is 16.1 Å². The zero-order valence-corrected chi connectivity index (χ0v) is 15.5. The van der Waals surface area contributed by atoms with E-state index >= 15 is 0 Å². The Hall–Kier alpha value is -2.54. The number of anilines is 1. The Labute approximate surface area is 154 Å². The predicted octanol–water partition coefficient (Wildman–Crippen LogP) is 3.71. The maximum absolute atomic E-state index is 12.0. The van der Waals surface area contributed by atoms with E-state index in [2.05, 4.69) is 26.6 Å². The Balaban J connectivity index is 1.81. The normalized spacial score (nSPS) is 11.3. The molecule has 2 amide bonds. The first-order valence-corrected chi connectivity index (χ1v) is 8.40. The molecule has 0 heterocycles. The van der Waals surface area contributed by atoms with Crippen LogP contribution in [0.2, 0.25) is 0 Å². The molecule has 2 aromatic rings. The van der Waals surface area contributed by atoms with Gasteiger partial charge in [-0.3, -0.25) is 0 Å². The van der Waals surface area contributed by atoms with E-state index in [1.165, 1.54) is 0 Å². The average molecular weight is 407 g/mol. The highest BCUT2D eigenvalue weighted by Gasteiger charge is 2.17. The van der Waals surface area contributed by atoms with Gasteiger partial charge in [0, 0.05) is 5.69 Å². The quantitative estimate of drug-likeness (QED) is 0.716. The number of methoxy groups -OCH3 is 1. The SMILES string of the molecule is COc1ccc(COC(=O)[C@H](C)NC(=O)Nc2ccccc2)cc1Br. The van der Waals surface area contributed by atoms with E-state index in [0.29, 0.717) is 11.4 Å². The Bertz CT molecular complexity index is 737. The second kappa shape index (κ2) is 9.08. The Kier molecular flexibility index (Phi) is 6.82. The summed E-state index contributed by atoms with van der Waals surface area (Å²) in [6.07, 6.45) is 0. The van der Waals surface area contributed by atoms with E-state index < -0.39 is 18.0 Å². The Morgan fingerprint density at radius 2 is 1.88 bits per heavy atom. The van der Waals surface area contributed by atoms with Crippen LogP contribution in [0.3, 0.4) is 0 Å². The molecule has 7 heteroatoms. The highest BCUT2D eigenvalue weighted by atomic mass is 79.9. The molecule has 6 nitrogen and oxygen atoms in total. The van der Waals surface area contributed by atoms with E-state index in [9.17, 15) is 9.59 Å². The molecule has 2 aromatic carbocycles. The molecular formula is C18H19BrN2O4. The minimum Gasteiger partial charge on any atom is -0.496 e. The molecule has 0 unspecified atom stereocenters. The van der Waals surface area contributed by atoms with E-state index in [4.69, 9.17) is 9.47 Å². The molecule has 0 aliphatic carbocycles. The topological polar surface area (TPSA) is 76.7 Å². The number of esters is 1. The third-order valence-corrected chi connectivity index (χ3v) is 3.95. The minimum absolute atomic E-state index is 0.105. The van der Waals surface area contributed by atoms with Crippen LogP contribution in [0.25, 0.3) is 0 Å². The van der Waals surface area contributed by atoms with Crippen molar-refractivity contribution in [1.82, 2.24) is 5.32 Å². The summed E-state index contributed by atoms with van der Waals surface area (Å²) in [5, 5.41) is 5.18. The number of hydrogen-bond donors (Lipinski definition) is 2. The molecule has 0 bridgehead atoms. The van der Waals surface area contributed by atoms with E-state index in [-0.39, 0.29) is 6.61 Å². The van der Waals surface area contributed by atoms with Crippen LogP contribution < -0.4 is 15.4 Å². The summed E-state index contributed by atoms with van der Waals surface area (Å²) in [6, 6.07) is 13.1. The number of hydrogen-bond acceptors (Lipinski definition) is 4. The maximum atomic E-state index is 12.0. The highest BCUT2D eigenvalue weighted by molar-refractivity contribution is 9.10. The third-order valence-electron chi connectivity index (χ3n) is 3.33. The summed E-state index contributed by atoms with van der Waals surface area (Å²) in [7, 11) is 1.58. The van der Waals surface area contributed by atoms with Crippen molar-refractivity contribution in [3.05, 3.63) is 58.6 Å². The third kappa shape index (κ3) is 5.79. The molecule has 2 N–H and O–H groups in total. The van der Waals surface area contributed by atoms with E-state index in [0.717, 1.165) is 10.0 Å². The molecule has 0 saturated heterocycles. The second-order valence-electron chi connectivity index (χ2n) is 5.26. The molecule has 0 aliphatic heterocycles. The van der Waals surface area contributed by atoms with E-state index in [1.54, 1.807) is 50.4 Å². The van der Waals surface area contributed by atoms with Crippen molar-refractivity contribution in [3.8, 4) is 5.75 Å². The first kappa shape index (κ1) is 18.8. The highest BCUT2D eigenvalue weighted by Crippen LogP contribution is 2.25. The molecule has 0 radical (unpaired) electrons. The molecular weight excluding hydrogens is 388 g/mol. The van der Waals surface area contributed by atoms with Crippen molar-refractivity contribution in [2.75, 3.05) is 12.4 Å². The van der Waals surface area contributed by atoms with Gasteiger partial charge in [0.15, 0.2) is 0 Å². The Morgan fingerprint density at radius 3 is 2.52 bits per heavy atom. The van der Waals surface area contributed by atoms with Gasteiger partial charge in [-0.1, -0.05) is 24.3 Å². The van der Waals surface area contributed by atoms with Crippen molar-refractivity contribution in [1.29, 1.82) is 0 Å². The lowest BCUT2D eigenvalue weighted by Gasteiger charge is -2.14. The van der Waals surface area contributed by atoms with Crippen molar-refractivity contribution in [2.24, 2.45) is 0 Å². The molecule has 0 fully saturated rings. The van der Waals surface area contributed by atoms with Gasteiger partial charge in [0.2, 0.25) is 0 Å². The van der Waals surface area contributed by atoms with Gasteiger partial charge in [0.25, 0.3) is 0 Å². The first-order valence-electron chi connectivity index (χ1n) is 7.61. The fourth-order valence-corrected chi connectivity index (χ4v) is 2.61. The van der Waals surface area contributed by atoms with Crippen molar-refractivity contribution in [2.45, 2.75) is 19.6 Å². The minimum atomic E-state index is -0.773. The standard InChI is InChI=1S/C18H19BrN2O4/c1-12(20-18(23)21-14-6-4-3-5-7-14)17(22)25-11-13-8-9-16(24-2)15(19)10-13/h3-10,12H,11H2,1-2H3,(H2,20,21,23)/t12-/m0/s1. The summed E-state index contributed by atoms with van der Waals surface area (Å²) in [4.78, 5) is 23.9. The van der Waals surface area contributed by atoms with Crippen LogP contribution >= 0.6 is 15.9 Å². The number of rotatable bonds is 6. The number of para-hydroxylation sites is 1. The maximum Gasteiger partial charge on any atom is 0.328 e. The lowest BCUT2D eigenvalue weighted by molar-refractivity contribution is -0.146. The lowest BCUT2D eigenvalue weighted by Crippen LogP contribution is -2.41. The van der Waals surface area contributed by atoms with Crippen molar-refractivity contribution >= 4 is 33.6 Å². The Morgan fingerprint density at radius 1 is 1.16 bits per heavy atom.